The van der Waals surface area contributed by atoms with E-state index in [-0.39, 0.29) is 17.2 Å². The molecule has 2 aromatic heterocycles. The SMILES string of the molecule is COc1ccc(Cn2c(SCC(=O)Nc3cc(Cl)ccc3OC)nc3ccsc3c2=O)cc1. The van der Waals surface area contributed by atoms with Gasteiger partial charge in [-0.05, 0) is 47.3 Å². The zero-order chi connectivity index (χ0) is 23.4. The van der Waals surface area contributed by atoms with E-state index < -0.39 is 0 Å². The van der Waals surface area contributed by atoms with Crippen LogP contribution in [0.5, 0.6) is 11.5 Å². The highest BCUT2D eigenvalue weighted by Crippen LogP contribution is 2.28. The largest absolute Gasteiger partial charge is 0.497 e. The lowest BCUT2D eigenvalue weighted by molar-refractivity contribution is -0.113. The first-order valence-electron chi connectivity index (χ1n) is 9.85. The fourth-order valence-electron chi connectivity index (χ4n) is 3.18. The number of amides is 1. The molecule has 4 aromatic rings. The van der Waals surface area contributed by atoms with Gasteiger partial charge in [0, 0.05) is 5.02 Å². The average molecular weight is 502 g/mol. The van der Waals surface area contributed by atoms with E-state index >= 15 is 0 Å². The summed E-state index contributed by atoms with van der Waals surface area (Å²) in [4.78, 5) is 30.4. The number of carbonyl (C=O) groups excluding carboxylic acids is 1. The van der Waals surface area contributed by atoms with E-state index in [9.17, 15) is 9.59 Å². The monoisotopic (exact) mass is 501 g/mol. The van der Waals surface area contributed by atoms with E-state index in [0.29, 0.717) is 38.4 Å². The van der Waals surface area contributed by atoms with Crippen molar-refractivity contribution in [1.29, 1.82) is 0 Å². The number of anilines is 1. The van der Waals surface area contributed by atoms with Crippen molar-refractivity contribution in [2.45, 2.75) is 11.7 Å². The van der Waals surface area contributed by atoms with Crippen LogP contribution in [0.15, 0.2) is 63.9 Å². The van der Waals surface area contributed by atoms with Crippen molar-refractivity contribution in [2.24, 2.45) is 0 Å². The van der Waals surface area contributed by atoms with Crippen molar-refractivity contribution in [1.82, 2.24) is 9.55 Å². The number of hydrogen-bond acceptors (Lipinski definition) is 7. The van der Waals surface area contributed by atoms with Crippen LogP contribution in [0.4, 0.5) is 5.69 Å². The predicted octanol–water partition coefficient (Wildman–Crippen LogP) is 4.91. The van der Waals surface area contributed by atoms with Crippen LogP contribution in [0.1, 0.15) is 5.56 Å². The number of nitrogens with one attached hydrogen (secondary N) is 1. The summed E-state index contributed by atoms with van der Waals surface area (Å²) in [5, 5.41) is 5.59. The Balaban J connectivity index is 1.57. The number of hydrogen-bond donors (Lipinski definition) is 1. The molecule has 0 saturated heterocycles. The minimum absolute atomic E-state index is 0.0559. The molecule has 0 aliphatic heterocycles. The van der Waals surface area contributed by atoms with E-state index in [1.54, 1.807) is 35.9 Å². The molecule has 0 atom stereocenters. The number of benzene rings is 2. The molecule has 0 radical (unpaired) electrons. The molecular formula is C23H20ClN3O4S2. The third-order valence-corrected chi connectivity index (χ3v) is 6.90. The van der Waals surface area contributed by atoms with Gasteiger partial charge in [0.25, 0.3) is 5.56 Å². The summed E-state index contributed by atoms with van der Waals surface area (Å²) in [5.41, 5.74) is 1.89. The quantitative estimate of drug-likeness (QED) is 0.273. The molecule has 10 heteroatoms. The number of rotatable bonds is 8. The van der Waals surface area contributed by atoms with Crippen LogP contribution < -0.4 is 20.3 Å². The Hall–Kier alpha value is -3.01. The molecule has 0 saturated carbocycles. The van der Waals surface area contributed by atoms with Gasteiger partial charge in [-0.3, -0.25) is 14.2 Å². The molecule has 4 rings (SSSR count). The number of carbonyl (C=O) groups is 1. The molecule has 170 valence electrons. The van der Waals surface area contributed by atoms with E-state index in [1.165, 1.54) is 30.2 Å². The van der Waals surface area contributed by atoms with Crippen molar-refractivity contribution < 1.29 is 14.3 Å². The highest BCUT2D eigenvalue weighted by Gasteiger charge is 2.16. The van der Waals surface area contributed by atoms with Gasteiger partial charge in [-0.15, -0.1) is 11.3 Å². The Morgan fingerprint density at radius 3 is 2.67 bits per heavy atom. The van der Waals surface area contributed by atoms with Gasteiger partial charge in [-0.1, -0.05) is 35.5 Å². The number of halogens is 1. The number of fused-ring (bicyclic) bond motifs is 1. The number of thiophene rings is 1. The molecule has 1 amide bonds. The Bertz CT molecular complexity index is 1350. The maximum atomic E-state index is 13.2. The standard InChI is InChI=1S/C23H20ClN3O4S2/c1-30-16-6-3-14(4-7-16)12-27-22(29)21-17(9-10-32-21)26-23(27)33-13-20(28)25-18-11-15(24)5-8-19(18)31-2/h3-11H,12-13H2,1-2H3,(H,25,28). The minimum Gasteiger partial charge on any atom is -0.497 e. The van der Waals surface area contributed by atoms with E-state index in [1.807, 2.05) is 29.6 Å². The number of ether oxygens (including phenoxy) is 2. The van der Waals surface area contributed by atoms with Crippen molar-refractivity contribution in [3.8, 4) is 11.5 Å². The van der Waals surface area contributed by atoms with Crippen LogP contribution in [0.25, 0.3) is 10.2 Å². The third kappa shape index (κ3) is 5.32. The zero-order valence-corrected chi connectivity index (χ0v) is 20.2. The molecule has 33 heavy (non-hydrogen) atoms. The molecule has 2 aromatic carbocycles. The van der Waals surface area contributed by atoms with Gasteiger partial charge >= 0.3 is 0 Å². The Kier molecular flexibility index (Phi) is 7.22. The summed E-state index contributed by atoms with van der Waals surface area (Å²) in [5.74, 6) is 1.03. The average Bonchev–Trinajstić information content (AvgIpc) is 3.29. The predicted molar refractivity (Wildman–Crippen MR) is 133 cm³/mol. The van der Waals surface area contributed by atoms with Crippen LogP contribution in [0, 0.1) is 0 Å². The Morgan fingerprint density at radius 1 is 1.15 bits per heavy atom. The van der Waals surface area contributed by atoms with Gasteiger partial charge in [0.15, 0.2) is 5.16 Å². The van der Waals surface area contributed by atoms with Crippen molar-refractivity contribution in [2.75, 3.05) is 25.3 Å². The fraction of sp³-hybridized carbons (Fsp3) is 0.174. The second kappa shape index (κ2) is 10.3. The first-order valence-corrected chi connectivity index (χ1v) is 12.1. The van der Waals surface area contributed by atoms with E-state index in [2.05, 4.69) is 10.3 Å². The Labute approximate surface area is 203 Å². The van der Waals surface area contributed by atoms with Crippen molar-refractivity contribution >= 4 is 56.5 Å². The third-order valence-electron chi connectivity index (χ3n) is 4.80. The lowest BCUT2D eigenvalue weighted by Gasteiger charge is -2.13. The van der Waals surface area contributed by atoms with Gasteiger partial charge in [0.1, 0.15) is 16.2 Å². The first-order chi connectivity index (χ1) is 16.0. The molecular weight excluding hydrogens is 482 g/mol. The molecule has 1 N–H and O–H groups in total. The second-order valence-electron chi connectivity index (χ2n) is 6.95. The van der Waals surface area contributed by atoms with E-state index in [4.69, 9.17) is 21.1 Å². The Morgan fingerprint density at radius 2 is 1.94 bits per heavy atom. The summed E-state index contributed by atoms with van der Waals surface area (Å²) in [7, 11) is 3.12. The van der Waals surface area contributed by atoms with Crippen molar-refractivity contribution in [3.05, 3.63) is 74.9 Å². The number of thioether (sulfide) groups is 1. The highest BCUT2D eigenvalue weighted by atomic mass is 35.5. The van der Waals surface area contributed by atoms with Crippen LogP contribution in [0.3, 0.4) is 0 Å². The minimum atomic E-state index is -0.267. The lowest BCUT2D eigenvalue weighted by Crippen LogP contribution is -2.24. The molecule has 0 aliphatic carbocycles. The molecule has 0 spiro atoms. The van der Waals surface area contributed by atoms with Crippen molar-refractivity contribution in [3.63, 3.8) is 0 Å². The van der Waals surface area contributed by atoms with Crippen LogP contribution in [-0.2, 0) is 11.3 Å². The zero-order valence-electron chi connectivity index (χ0n) is 17.8. The molecule has 0 aliphatic rings. The summed E-state index contributed by atoms with van der Waals surface area (Å²) in [6.45, 7) is 0.329. The highest BCUT2D eigenvalue weighted by molar-refractivity contribution is 7.99. The smallest absolute Gasteiger partial charge is 0.272 e. The molecule has 7 nitrogen and oxygen atoms in total. The summed E-state index contributed by atoms with van der Waals surface area (Å²) in [6.07, 6.45) is 0. The summed E-state index contributed by atoms with van der Waals surface area (Å²) in [6, 6.07) is 14.3. The lowest BCUT2D eigenvalue weighted by atomic mass is 10.2. The molecule has 0 unspecified atom stereocenters. The first kappa shape index (κ1) is 23.2. The van der Waals surface area contributed by atoms with Gasteiger partial charge in [-0.2, -0.15) is 0 Å². The maximum Gasteiger partial charge on any atom is 0.272 e. The number of nitrogens with zero attached hydrogens (tertiary/aromatic N) is 2. The van der Waals surface area contributed by atoms with E-state index in [0.717, 1.165) is 11.3 Å². The topological polar surface area (TPSA) is 82.4 Å². The van der Waals surface area contributed by atoms with Gasteiger partial charge in [0.05, 0.1) is 37.7 Å². The normalized spacial score (nSPS) is 10.9. The molecule has 2 heterocycles. The van der Waals surface area contributed by atoms with Crippen LogP contribution in [0.2, 0.25) is 5.02 Å². The van der Waals surface area contributed by atoms with Gasteiger partial charge in [0.2, 0.25) is 5.91 Å². The number of aromatic nitrogens is 2. The fourth-order valence-corrected chi connectivity index (χ4v) is 4.93. The van der Waals surface area contributed by atoms with Gasteiger partial charge in [-0.25, -0.2) is 4.98 Å². The summed E-state index contributed by atoms with van der Waals surface area (Å²) < 4.78 is 12.7. The van der Waals surface area contributed by atoms with Crippen LogP contribution >= 0.6 is 34.7 Å². The van der Waals surface area contributed by atoms with Gasteiger partial charge < -0.3 is 14.8 Å². The molecule has 0 fully saturated rings. The second-order valence-corrected chi connectivity index (χ2v) is 9.25. The number of methoxy groups -OCH3 is 2. The molecule has 0 bridgehead atoms. The summed E-state index contributed by atoms with van der Waals surface area (Å²) >= 11 is 8.59. The maximum absolute atomic E-state index is 13.2. The van der Waals surface area contributed by atoms with Crippen LogP contribution in [-0.4, -0.2) is 35.4 Å².